The molecule has 1 N–H and O–H groups in total. The summed E-state index contributed by atoms with van der Waals surface area (Å²) in [5.74, 6) is -0.318. The van der Waals surface area contributed by atoms with Crippen LogP contribution in [0.4, 0.5) is 5.69 Å². The zero-order chi connectivity index (χ0) is 19.0. The molecule has 0 atom stereocenters. The molecule has 1 aliphatic heterocycles. The number of carbonyl (C=O) groups is 1. The number of benzene rings is 2. The van der Waals surface area contributed by atoms with E-state index in [1.165, 1.54) is 11.8 Å². The van der Waals surface area contributed by atoms with Crippen LogP contribution in [0, 0.1) is 6.92 Å². The topological polar surface area (TPSA) is 67.2 Å². The summed E-state index contributed by atoms with van der Waals surface area (Å²) in [7, 11) is 0. The first-order valence-electron chi connectivity index (χ1n) is 7.96. The third kappa shape index (κ3) is 3.83. The zero-order valence-electron chi connectivity index (χ0n) is 14.0. The Balaban J connectivity index is 1.59. The molecule has 0 saturated carbocycles. The van der Waals surface area contributed by atoms with Crippen molar-refractivity contribution in [3.8, 4) is 0 Å². The van der Waals surface area contributed by atoms with Gasteiger partial charge in [-0.1, -0.05) is 35.3 Å². The second kappa shape index (κ2) is 7.31. The van der Waals surface area contributed by atoms with Gasteiger partial charge >= 0.3 is 0 Å². The van der Waals surface area contributed by atoms with Crippen molar-refractivity contribution < 1.29 is 4.79 Å². The van der Waals surface area contributed by atoms with Crippen molar-refractivity contribution in [2.75, 3.05) is 5.32 Å². The molecule has 2 aromatic carbocycles. The Hall–Kier alpha value is -2.41. The van der Waals surface area contributed by atoms with Gasteiger partial charge in [0.25, 0.3) is 5.91 Å². The first-order valence-corrected chi connectivity index (χ1v) is 9.54. The van der Waals surface area contributed by atoms with Gasteiger partial charge < -0.3 is 5.32 Å². The van der Waals surface area contributed by atoms with Crippen LogP contribution in [0.15, 0.2) is 52.5 Å². The Morgan fingerprint density at radius 3 is 2.67 bits per heavy atom. The van der Waals surface area contributed by atoms with Crippen LogP contribution in [-0.4, -0.2) is 21.0 Å². The molecule has 0 unspecified atom stereocenters. The van der Waals surface area contributed by atoms with E-state index in [4.69, 9.17) is 23.2 Å². The lowest BCUT2D eigenvalue weighted by atomic mass is 10.1. The summed E-state index contributed by atoms with van der Waals surface area (Å²) in [5, 5.41) is 4.37. The number of amidine groups is 1. The molecule has 5 nitrogen and oxygen atoms in total. The van der Waals surface area contributed by atoms with Crippen molar-refractivity contribution in [2.45, 2.75) is 6.92 Å². The number of para-hydroxylation sites is 1. The minimum absolute atomic E-state index is 0.318. The number of rotatable bonds is 2. The van der Waals surface area contributed by atoms with Crippen molar-refractivity contribution in [1.29, 1.82) is 0 Å². The highest BCUT2D eigenvalue weighted by molar-refractivity contribution is 8.18. The number of aryl methyl sites for hydroxylation is 1. The number of thioether (sulfide) groups is 1. The third-order valence-corrected chi connectivity index (χ3v) is 5.33. The Kier molecular flexibility index (Phi) is 4.86. The van der Waals surface area contributed by atoms with Gasteiger partial charge in [0.2, 0.25) is 0 Å². The quantitative estimate of drug-likeness (QED) is 0.574. The summed E-state index contributed by atoms with van der Waals surface area (Å²) in [4.78, 5) is 25.6. The van der Waals surface area contributed by atoms with Crippen LogP contribution in [0.2, 0.25) is 10.0 Å². The number of carbonyl (C=O) groups excluding carboxylic acids is 1. The lowest BCUT2D eigenvalue weighted by Gasteiger charge is -2.08. The smallest absolute Gasteiger partial charge is 0.286 e. The predicted octanol–water partition coefficient (Wildman–Crippen LogP) is 5.33. The van der Waals surface area contributed by atoms with E-state index < -0.39 is 0 Å². The van der Waals surface area contributed by atoms with Crippen LogP contribution in [-0.2, 0) is 4.79 Å². The minimum atomic E-state index is -0.318. The van der Waals surface area contributed by atoms with E-state index in [1.807, 2.05) is 25.1 Å². The fraction of sp³-hybridized carbons (Fsp3) is 0.0526. The summed E-state index contributed by atoms with van der Waals surface area (Å²) in [6.07, 6.45) is 3.51. The van der Waals surface area contributed by atoms with Gasteiger partial charge in [0.1, 0.15) is 0 Å². The minimum Gasteiger partial charge on any atom is -0.332 e. The molecule has 0 saturated heterocycles. The first kappa shape index (κ1) is 18.0. The molecule has 0 aliphatic carbocycles. The van der Waals surface area contributed by atoms with Gasteiger partial charge in [-0.3, -0.25) is 9.78 Å². The van der Waals surface area contributed by atoms with E-state index in [2.05, 4.69) is 20.3 Å². The molecule has 1 aromatic heterocycles. The molecule has 0 bridgehead atoms. The Morgan fingerprint density at radius 2 is 1.89 bits per heavy atom. The standard InChI is InChI=1S/C19H12Cl2N4OS/c1-10-9-22-14-6-5-11(7-15(14)23-10)8-16-18(26)25-19(27-16)24-17-12(20)3-2-4-13(17)21/h2-9H,1H3,(H,24,25,26). The van der Waals surface area contributed by atoms with Crippen LogP contribution >= 0.6 is 35.0 Å². The molecule has 8 heteroatoms. The van der Waals surface area contributed by atoms with Crippen molar-refractivity contribution in [3.05, 3.63) is 68.8 Å². The van der Waals surface area contributed by atoms with Crippen molar-refractivity contribution >= 4 is 68.8 Å². The largest absolute Gasteiger partial charge is 0.332 e. The zero-order valence-corrected chi connectivity index (χ0v) is 16.4. The predicted molar refractivity (Wildman–Crippen MR) is 112 cm³/mol. The SMILES string of the molecule is Cc1cnc2ccc(C=C3SC(Nc4c(Cl)cccc4Cl)=NC3=O)cc2n1. The third-order valence-electron chi connectivity index (χ3n) is 3.80. The second-order valence-electron chi connectivity index (χ2n) is 5.81. The average Bonchev–Trinajstić information content (AvgIpc) is 2.97. The van der Waals surface area contributed by atoms with Crippen molar-refractivity contribution in [3.63, 3.8) is 0 Å². The van der Waals surface area contributed by atoms with E-state index in [1.54, 1.807) is 30.5 Å². The molecule has 1 amide bonds. The molecule has 2 heterocycles. The number of amides is 1. The summed E-state index contributed by atoms with van der Waals surface area (Å²) in [5.41, 5.74) is 3.80. The summed E-state index contributed by atoms with van der Waals surface area (Å²) in [6, 6.07) is 10.8. The van der Waals surface area contributed by atoms with E-state index in [0.717, 1.165) is 22.3 Å². The lowest BCUT2D eigenvalue weighted by Crippen LogP contribution is -2.05. The highest BCUT2D eigenvalue weighted by Crippen LogP contribution is 2.34. The van der Waals surface area contributed by atoms with E-state index in [9.17, 15) is 4.79 Å². The van der Waals surface area contributed by atoms with Crippen molar-refractivity contribution in [1.82, 2.24) is 9.97 Å². The van der Waals surface area contributed by atoms with Gasteiger partial charge in [-0.25, -0.2) is 4.98 Å². The van der Waals surface area contributed by atoms with Gasteiger partial charge in [-0.2, -0.15) is 4.99 Å². The number of hydrogen-bond acceptors (Lipinski definition) is 5. The molecule has 1 aliphatic rings. The van der Waals surface area contributed by atoms with Crippen molar-refractivity contribution in [2.24, 2.45) is 4.99 Å². The van der Waals surface area contributed by atoms with Gasteiger partial charge in [0, 0.05) is 6.20 Å². The molecule has 4 rings (SSSR count). The number of halogens is 2. The molecule has 3 aromatic rings. The molecule has 134 valence electrons. The summed E-state index contributed by atoms with van der Waals surface area (Å²) < 4.78 is 0. The molecule has 27 heavy (non-hydrogen) atoms. The monoisotopic (exact) mass is 414 g/mol. The van der Waals surface area contributed by atoms with Crippen LogP contribution in [0.25, 0.3) is 17.1 Å². The summed E-state index contributed by atoms with van der Waals surface area (Å²) in [6.45, 7) is 1.89. The van der Waals surface area contributed by atoms with E-state index >= 15 is 0 Å². The summed E-state index contributed by atoms with van der Waals surface area (Å²) >= 11 is 13.5. The second-order valence-corrected chi connectivity index (χ2v) is 7.66. The van der Waals surface area contributed by atoms with E-state index in [-0.39, 0.29) is 5.91 Å². The Bertz CT molecular complexity index is 1120. The van der Waals surface area contributed by atoms with Gasteiger partial charge in [-0.05, 0) is 54.6 Å². The van der Waals surface area contributed by atoms with Crippen LogP contribution in [0.3, 0.4) is 0 Å². The van der Waals surface area contributed by atoms with E-state index in [0.29, 0.717) is 25.8 Å². The number of nitrogens with zero attached hydrogens (tertiary/aromatic N) is 3. The lowest BCUT2D eigenvalue weighted by molar-refractivity contribution is -0.113. The fourth-order valence-corrected chi connectivity index (χ4v) is 3.86. The number of aliphatic imine (C=N–C) groups is 1. The van der Waals surface area contributed by atoms with Gasteiger partial charge in [0.05, 0.1) is 37.4 Å². The Labute approximate surface area is 169 Å². The highest BCUT2D eigenvalue weighted by Gasteiger charge is 2.23. The molecular weight excluding hydrogens is 403 g/mol. The maximum atomic E-state index is 12.3. The maximum absolute atomic E-state index is 12.3. The number of nitrogens with one attached hydrogen (secondary N) is 1. The number of fused-ring (bicyclic) bond motifs is 1. The normalized spacial score (nSPS) is 15.4. The van der Waals surface area contributed by atoms with Crippen LogP contribution in [0.5, 0.6) is 0 Å². The number of anilines is 1. The fourth-order valence-electron chi connectivity index (χ4n) is 2.55. The van der Waals surface area contributed by atoms with Crippen LogP contribution < -0.4 is 5.32 Å². The van der Waals surface area contributed by atoms with Gasteiger partial charge in [-0.15, -0.1) is 0 Å². The average molecular weight is 415 g/mol. The molecule has 0 fully saturated rings. The maximum Gasteiger partial charge on any atom is 0.286 e. The van der Waals surface area contributed by atoms with Gasteiger partial charge in [0.15, 0.2) is 5.17 Å². The molecule has 0 radical (unpaired) electrons. The molecular formula is C19H12Cl2N4OS. The highest BCUT2D eigenvalue weighted by atomic mass is 35.5. The number of aromatic nitrogens is 2. The molecule has 0 spiro atoms. The number of hydrogen-bond donors (Lipinski definition) is 1. The first-order chi connectivity index (χ1) is 13.0. The Morgan fingerprint density at radius 1 is 1.11 bits per heavy atom. The van der Waals surface area contributed by atoms with Crippen LogP contribution in [0.1, 0.15) is 11.3 Å².